The summed E-state index contributed by atoms with van der Waals surface area (Å²) in [4.78, 5) is 2.48. The summed E-state index contributed by atoms with van der Waals surface area (Å²) in [5.74, 6) is 0.714. The van der Waals surface area contributed by atoms with Crippen molar-refractivity contribution in [1.82, 2.24) is 4.90 Å². The highest BCUT2D eigenvalue weighted by Crippen LogP contribution is 2.31. The van der Waals surface area contributed by atoms with Gasteiger partial charge in [-0.1, -0.05) is 31.2 Å². The topological polar surface area (TPSA) is 29.3 Å². The molecule has 0 aliphatic heterocycles. The molecule has 0 fully saturated rings. The van der Waals surface area contributed by atoms with E-state index < -0.39 is 0 Å². The van der Waals surface area contributed by atoms with Crippen LogP contribution in [0.1, 0.15) is 36.8 Å². The summed E-state index contributed by atoms with van der Waals surface area (Å²) in [5.41, 5.74) is 8.80. The number of rotatable bonds is 5. The number of likely N-dealkylation sites (N-methyl/N-ethyl adjacent to an activating group) is 1. The Kier molecular flexibility index (Phi) is 4.57. The minimum absolute atomic E-state index is 0.714. The number of nitrogens with two attached hydrogens (primary N) is 1. The number of hydrogen-bond acceptors (Lipinski definition) is 2. The molecule has 1 unspecified atom stereocenters. The Morgan fingerprint density at radius 3 is 2.94 bits per heavy atom. The van der Waals surface area contributed by atoms with Gasteiger partial charge in [0.15, 0.2) is 0 Å². The van der Waals surface area contributed by atoms with Crippen molar-refractivity contribution in [2.75, 3.05) is 26.2 Å². The number of fused-ring (bicyclic) bond motifs is 1. The first-order valence-corrected chi connectivity index (χ1v) is 6.85. The molecule has 2 nitrogen and oxygen atoms in total. The maximum absolute atomic E-state index is 5.66. The molecule has 0 saturated heterocycles. The SMILES string of the molecule is CCN(CCN)CC1CCCc2ccccc21. The van der Waals surface area contributed by atoms with Crippen LogP contribution in [0.5, 0.6) is 0 Å². The number of nitrogens with zero attached hydrogens (tertiary/aromatic N) is 1. The fraction of sp³-hybridized carbons (Fsp3) is 0.600. The minimum atomic E-state index is 0.714. The molecule has 17 heavy (non-hydrogen) atoms. The van der Waals surface area contributed by atoms with Gasteiger partial charge >= 0.3 is 0 Å². The third kappa shape index (κ3) is 3.08. The highest BCUT2D eigenvalue weighted by atomic mass is 15.1. The third-order valence-corrected chi connectivity index (χ3v) is 3.86. The molecule has 0 bridgehead atoms. The van der Waals surface area contributed by atoms with E-state index in [0.29, 0.717) is 5.92 Å². The molecule has 1 aliphatic rings. The summed E-state index contributed by atoms with van der Waals surface area (Å²) in [5, 5.41) is 0. The van der Waals surface area contributed by atoms with E-state index in [-0.39, 0.29) is 0 Å². The lowest BCUT2D eigenvalue weighted by Crippen LogP contribution is -2.34. The van der Waals surface area contributed by atoms with Crippen LogP contribution in [0.3, 0.4) is 0 Å². The number of benzene rings is 1. The molecule has 1 atom stereocenters. The van der Waals surface area contributed by atoms with Crippen molar-refractivity contribution in [3.8, 4) is 0 Å². The van der Waals surface area contributed by atoms with Gasteiger partial charge in [-0.3, -0.25) is 0 Å². The second-order valence-electron chi connectivity index (χ2n) is 4.97. The van der Waals surface area contributed by atoms with E-state index in [2.05, 4.69) is 36.1 Å². The van der Waals surface area contributed by atoms with Crippen molar-refractivity contribution in [1.29, 1.82) is 0 Å². The summed E-state index contributed by atoms with van der Waals surface area (Å²) >= 11 is 0. The molecular weight excluding hydrogens is 208 g/mol. The lowest BCUT2D eigenvalue weighted by Gasteiger charge is -2.30. The minimum Gasteiger partial charge on any atom is -0.329 e. The molecule has 2 heteroatoms. The van der Waals surface area contributed by atoms with E-state index in [4.69, 9.17) is 5.73 Å². The van der Waals surface area contributed by atoms with Crippen LogP contribution in [-0.2, 0) is 6.42 Å². The van der Waals surface area contributed by atoms with Gasteiger partial charge in [-0.2, -0.15) is 0 Å². The number of aryl methyl sites for hydroxylation is 1. The first kappa shape index (κ1) is 12.6. The molecule has 0 radical (unpaired) electrons. The molecule has 1 aliphatic carbocycles. The van der Waals surface area contributed by atoms with Crippen LogP contribution in [0, 0.1) is 0 Å². The van der Waals surface area contributed by atoms with Crippen LogP contribution in [0.25, 0.3) is 0 Å². The van der Waals surface area contributed by atoms with E-state index in [1.807, 2.05) is 0 Å². The molecule has 94 valence electrons. The van der Waals surface area contributed by atoms with Gasteiger partial charge in [-0.05, 0) is 42.9 Å². The smallest absolute Gasteiger partial charge is 0.0105 e. The molecule has 0 saturated carbocycles. The second kappa shape index (κ2) is 6.18. The van der Waals surface area contributed by atoms with Gasteiger partial charge in [0.05, 0.1) is 0 Å². The molecular formula is C15H24N2. The van der Waals surface area contributed by atoms with Gasteiger partial charge in [0.2, 0.25) is 0 Å². The van der Waals surface area contributed by atoms with Gasteiger partial charge in [-0.15, -0.1) is 0 Å². The number of hydrogen-bond donors (Lipinski definition) is 1. The van der Waals surface area contributed by atoms with Crippen molar-refractivity contribution in [2.24, 2.45) is 5.73 Å². The maximum atomic E-state index is 5.66. The molecule has 0 aromatic heterocycles. The highest BCUT2D eigenvalue weighted by Gasteiger charge is 2.21. The van der Waals surface area contributed by atoms with E-state index in [9.17, 15) is 0 Å². The Bertz CT molecular complexity index is 349. The fourth-order valence-corrected chi connectivity index (χ4v) is 2.92. The van der Waals surface area contributed by atoms with Crippen LogP contribution in [0.15, 0.2) is 24.3 Å². The zero-order valence-electron chi connectivity index (χ0n) is 10.9. The molecule has 2 rings (SSSR count). The van der Waals surface area contributed by atoms with Crippen molar-refractivity contribution in [2.45, 2.75) is 32.1 Å². The average molecular weight is 232 g/mol. The molecule has 0 amide bonds. The first-order chi connectivity index (χ1) is 8.35. The molecule has 0 heterocycles. The summed E-state index contributed by atoms with van der Waals surface area (Å²) < 4.78 is 0. The zero-order chi connectivity index (χ0) is 12.1. The van der Waals surface area contributed by atoms with Crippen LogP contribution in [0.2, 0.25) is 0 Å². The Balaban J connectivity index is 2.07. The van der Waals surface area contributed by atoms with Crippen molar-refractivity contribution < 1.29 is 0 Å². The Labute approximate surface area is 105 Å². The van der Waals surface area contributed by atoms with Crippen molar-refractivity contribution >= 4 is 0 Å². The average Bonchev–Trinajstić information content (AvgIpc) is 2.38. The molecule has 1 aromatic rings. The fourth-order valence-electron chi connectivity index (χ4n) is 2.92. The van der Waals surface area contributed by atoms with Crippen LogP contribution in [-0.4, -0.2) is 31.1 Å². The largest absolute Gasteiger partial charge is 0.329 e. The summed E-state index contributed by atoms with van der Waals surface area (Å²) in [6.07, 6.45) is 3.93. The Morgan fingerprint density at radius 2 is 2.18 bits per heavy atom. The molecule has 0 spiro atoms. The van der Waals surface area contributed by atoms with E-state index >= 15 is 0 Å². The highest BCUT2D eigenvalue weighted by molar-refractivity contribution is 5.32. The Morgan fingerprint density at radius 1 is 1.35 bits per heavy atom. The maximum Gasteiger partial charge on any atom is 0.0105 e. The second-order valence-corrected chi connectivity index (χ2v) is 4.97. The lowest BCUT2D eigenvalue weighted by atomic mass is 9.82. The predicted octanol–water partition coefficient (Wildman–Crippen LogP) is 2.39. The van der Waals surface area contributed by atoms with Crippen molar-refractivity contribution in [3.05, 3.63) is 35.4 Å². The van der Waals surface area contributed by atoms with Crippen LogP contribution < -0.4 is 5.73 Å². The van der Waals surface area contributed by atoms with Gasteiger partial charge in [0, 0.05) is 19.6 Å². The van der Waals surface area contributed by atoms with Gasteiger partial charge in [-0.25, -0.2) is 0 Å². The van der Waals surface area contributed by atoms with Gasteiger partial charge < -0.3 is 10.6 Å². The van der Waals surface area contributed by atoms with Gasteiger partial charge in [0.1, 0.15) is 0 Å². The first-order valence-electron chi connectivity index (χ1n) is 6.85. The Hall–Kier alpha value is -0.860. The third-order valence-electron chi connectivity index (χ3n) is 3.86. The monoisotopic (exact) mass is 232 g/mol. The summed E-state index contributed by atoms with van der Waals surface area (Å²) in [7, 11) is 0. The lowest BCUT2D eigenvalue weighted by molar-refractivity contribution is 0.266. The van der Waals surface area contributed by atoms with E-state index in [0.717, 1.165) is 19.6 Å². The van der Waals surface area contributed by atoms with E-state index in [1.165, 1.54) is 25.8 Å². The van der Waals surface area contributed by atoms with Crippen molar-refractivity contribution in [3.63, 3.8) is 0 Å². The predicted molar refractivity (Wildman–Crippen MR) is 73.3 cm³/mol. The summed E-state index contributed by atoms with van der Waals surface area (Å²) in [6.45, 7) is 6.29. The summed E-state index contributed by atoms with van der Waals surface area (Å²) in [6, 6.07) is 8.95. The normalized spacial score (nSPS) is 19.4. The molecule has 1 aromatic carbocycles. The van der Waals surface area contributed by atoms with Crippen LogP contribution >= 0.6 is 0 Å². The van der Waals surface area contributed by atoms with Gasteiger partial charge in [0.25, 0.3) is 0 Å². The quantitative estimate of drug-likeness (QED) is 0.844. The van der Waals surface area contributed by atoms with E-state index in [1.54, 1.807) is 11.1 Å². The standard InChI is InChI=1S/C15H24N2/c1-2-17(11-10-16)12-14-8-5-7-13-6-3-4-9-15(13)14/h3-4,6,9,14H,2,5,7-8,10-12,16H2,1H3. The zero-order valence-corrected chi connectivity index (χ0v) is 10.9. The van der Waals surface area contributed by atoms with Crippen LogP contribution in [0.4, 0.5) is 0 Å². The molecule has 2 N–H and O–H groups in total.